The lowest BCUT2D eigenvalue weighted by atomic mass is 9.82. The number of methoxy groups -OCH3 is 1. The highest BCUT2D eigenvalue weighted by Crippen LogP contribution is 2.29. The number of hydrogen-bond donors (Lipinski definition) is 1. The first kappa shape index (κ1) is 15.3. The van der Waals surface area contributed by atoms with Gasteiger partial charge < -0.3 is 10.1 Å². The number of nitrogens with one attached hydrogen (secondary N) is 1. The van der Waals surface area contributed by atoms with E-state index in [2.05, 4.69) is 24.1 Å². The van der Waals surface area contributed by atoms with Crippen LogP contribution in [0.15, 0.2) is 0 Å². The van der Waals surface area contributed by atoms with Gasteiger partial charge in [-0.3, -0.25) is 4.90 Å². The third kappa shape index (κ3) is 4.17. The summed E-state index contributed by atoms with van der Waals surface area (Å²) < 4.78 is 5.29. The Hall–Kier alpha value is -0.120. The van der Waals surface area contributed by atoms with E-state index >= 15 is 0 Å². The summed E-state index contributed by atoms with van der Waals surface area (Å²) >= 11 is 0. The first-order valence-corrected chi connectivity index (χ1v) is 8.18. The zero-order valence-corrected chi connectivity index (χ0v) is 13.0. The average molecular weight is 268 g/mol. The number of ether oxygens (including phenoxy) is 1. The van der Waals surface area contributed by atoms with Crippen molar-refractivity contribution in [3.63, 3.8) is 0 Å². The van der Waals surface area contributed by atoms with E-state index in [1.54, 1.807) is 0 Å². The molecule has 1 N–H and O–H groups in total. The second kappa shape index (κ2) is 7.61. The molecule has 0 aromatic carbocycles. The zero-order chi connectivity index (χ0) is 13.7. The molecule has 1 aliphatic carbocycles. The van der Waals surface area contributed by atoms with Crippen LogP contribution in [-0.2, 0) is 4.74 Å². The van der Waals surface area contributed by atoms with Crippen molar-refractivity contribution in [3.8, 4) is 0 Å². The minimum atomic E-state index is 0.676. The van der Waals surface area contributed by atoms with Crippen LogP contribution in [0.3, 0.4) is 0 Å². The summed E-state index contributed by atoms with van der Waals surface area (Å²) in [6.45, 7) is 9.00. The maximum absolute atomic E-state index is 5.29. The van der Waals surface area contributed by atoms with Gasteiger partial charge in [0.15, 0.2) is 0 Å². The van der Waals surface area contributed by atoms with E-state index in [1.165, 1.54) is 38.6 Å². The number of piperazine rings is 1. The van der Waals surface area contributed by atoms with Crippen LogP contribution < -0.4 is 5.32 Å². The molecule has 0 aromatic heterocycles. The molecule has 2 atom stereocenters. The second-order valence-electron chi connectivity index (χ2n) is 6.71. The Labute approximate surface area is 119 Å². The standard InChI is InChI=1S/C16H32N2O/c1-13(2)16-11-17-15(12-18(16)9-10-19-3)14-7-5-4-6-8-14/h13-17H,4-12H2,1-3H3. The SMILES string of the molecule is COCCN1CC(C2CCCCC2)NCC1C(C)C. The molecule has 3 heteroatoms. The molecule has 3 nitrogen and oxygen atoms in total. The van der Waals surface area contributed by atoms with Gasteiger partial charge in [-0.15, -0.1) is 0 Å². The maximum Gasteiger partial charge on any atom is 0.0589 e. The number of hydrogen-bond acceptors (Lipinski definition) is 3. The van der Waals surface area contributed by atoms with Gasteiger partial charge in [0, 0.05) is 38.8 Å². The Balaban J connectivity index is 1.90. The van der Waals surface area contributed by atoms with Crippen molar-refractivity contribution in [1.82, 2.24) is 10.2 Å². The van der Waals surface area contributed by atoms with E-state index in [-0.39, 0.29) is 0 Å². The highest BCUT2D eigenvalue weighted by molar-refractivity contribution is 4.91. The molecule has 19 heavy (non-hydrogen) atoms. The van der Waals surface area contributed by atoms with Crippen molar-refractivity contribution < 1.29 is 4.74 Å². The van der Waals surface area contributed by atoms with Crippen LogP contribution in [-0.4, -0.2) is 50.3 Å². The molecule has 1 saturated heterocycles. The molecule has 0 aromatic rings. The van der Waals surface area contributed by atoms with Crippen LogP contribution in [0, 0.1) is 11.8 Å². The minimum absolute atomic E-state index is 0.676. The Morgan fingerprint density at radius 2 is 1.95 bits per heavy atom. The van der Waals surface area contributed by atoms with E-state index in [4.69, 9.17) is 4.74 Å². The van der Waals surface area contributed by atoms with E-state index < -0.39 is 0 Å². The molecule has 2 aliphatic rings. The fourth-order valence-corrected chi connectivity index (χ4v) is 3.83. The van der Waals surface area contributed by atoms with Gasteiger partial charge >= 0.3 is 0 Å². The van der Waals surface area contributed by atoms with Gasteiger partial charge in [-0.2, -0.15) is 0 Å². The van der Waals surface area contributed by atoms with E-state index in [1.807, 2.05) is 7.11 Å². The van der Waals surface area contributed by atoms with Crippen LogP contribution >= 0.6 is 0 Å². The van der Waals surface area contributed by atoms with Gasteiger partial charge in [-0.05, 0) is 24.7 Å². The molecule has 0 spiro atoms. The Bertz CT molecular complexity index is 251. The van der Waals surface area contributed by atoms with E-state index in [0.29, 0.717) is 12.1 Å². The number of rotatable bonds is 5. The van der Waals surface area contributed by atoms with E-state index in [9.17, 15) is 0 Å². The lowest BCUT2D eigenvalue weighted by Crippen LogP contribution is -2.60. The molecule has 1 aliphatic heterocycles. The van der Waals surface area contributed by atoms with Crippen LogP contribution in [0.5, 0.6) is 0 Å². The van der Waals surface area contributed by atoms with Gasteiger partial charge in [0.05, 0.1) is 6.61 Å². The zero-order valence-electron chi connectivity index (χ0n) is 13.0. The molecule has 0 amide bonds. The third-order valence-corrected chi connectivity index (χ3v) is 5.06. The molecule has 2 fully saturated rings. The van der Waals surface area contributed by atoms with Crippen LogP contribution in [0.1, 0.15) is 46.0 Å². The summed E-state index contributed by atoms with van der Waals surface area (Å²) in [6, 6.07) is 1.39. The van der Waals surface area contributed by atoms with Gasteiger partial charge in [-0.25, -0.2) is 0 Å². The predicted molar refractivity (Wildman–Crippen MR) is 80.4 cm³/mol. The highest BCUT2D eigenvalue weighted by atomic mass is 16.5. The molecule has 0 bridgehead atoms. The van der Waals surface area contributed by atoms with Gasteiger partial charge in [0.25, 0.3) is 0 Å². The lowest BCUT2D eigenvalue weighted by Gasteiger charge is -2.45. The van der Waals surface area contributed by atoms with Gasteiger partial charge in [0.2, 0.25) is 0 Å². The van der Waals surface area contributed by atoms with Crippen molar-refractivity contribution in [3.05, 3.63) is 0 Å². The van der Waals surface area contributed by atoms with Crippen LogP contribution in [0.4, 0.5) is 0 Å². The topological polar surface area (TPSA) is 24.5 Å². The monoisotopic (exact) mass is 268 g/mol. The smallest absolute Gasteiger partial charge is 0.0589 e. The molecule has 0 radical (unpaired) electrons. The van der Waals surface area contributed by atoms with Crippen molar-refractivity contribution in [2.24, 2.45) is 11.8 Å². The summed E-state index contributed by atoms with van der Waals surface area (Å²) in [5.74, 6) is 1.63. The first-order valence-electron chi connectivity index (χ1n) is 8.18. The highest BCUT2D eigenvalue weighted by Gasteiger charge is 2.33. The summed E-state index contributed by atoms with van der Waals surface area (Å²) in [7, 11) is 1.81. The Morgan fingerprint density at radius 3 is 2.58 bits per heavy atom. The normalized spacial score (nSPS) is 30.9. The quantitative estimate of drug-likeness (QED) is 0.829. The fourth-order valence-electron chi connectivity index (χ4n) is 3.83. The summed E-state index contributed by atoms with van der Waals surface area (Å²) in [4.78, 5) is 2.67. The largest absolute Gasteiger partial charge is 0.383 e. The third-order valence-electron chi connectivity index (χ3n) is 5.06. The molecule has 112 valence electrons. The van der Waals surface area contributed by atoms with Crippen molar-refractivity contribution in [1.29, 1.82) is 0 Å². The minimum Gasteiger partial charge on any atom is -0.383 e. The maximum atomic E-state index is 5.29. The van der Waals surface area contributed by atoms with Gasteiger partial charge in [0.1, 0.15) is 0 Å². The Morgan fingerprint density at radius 1 is 1.21 bits per heavy atom. The summed E-state index contributed by atoms with van der Waals surface area (Å²) in [5, 5.41) is 3.84. The predicted octanol–water partition coefficient (Wildman–Crippen LogP) is 2.51. The first-order chi connectivity index (χ1) is 9.22. The Kier molecular flexibility index (Phi) is 6.11. The second-order valence-corrected chi connectivity index (χ2v) is 6.71. The molecular weight excluding hydrogens is 236 g/mol. The molecule has 2 rings (SSSR count). The van der Waals surface area contributed by atoms with Crippen LogP contribution in [0.25, 0.3) is 0 Å². The molecule has 2 unspecified atom stereocenters. The summed E-state index contributed by atoms with van der Waals surface area (Å²) in [6.07, 6.45) is 7.19. The number of nitrogens with zero attached hydrogens (tertiary/aromatic N) is 1. The van der Waals surface area contributed by atoms with Crippen molar-refractivity contribution in [2.75, 3.05) is 33.4 Å². The summed E-state index contributed by atoms with van der Waals surface area (Å²) in [5.41, 5.74) is 0. The lowest BCUT2D eigenvalue weighted by molar-refractivity contribution is 0.0486. The van der Waals surface area contributed by atoms with Crippen molar-refractivity contribution in [2.45, 2.75) is 58.0 Å². The molecule has 1 saturated carbocycles. The van der Waals surface area contributed by atoms with E-state index in [0.717, 1.165) is 31.5 Å². The fraction of sp³-hybridized carbons (Fsp3) is 1.00. The molecular formula is C16H32N2O. The van der Waals surface area contributed by atoms with Crippen LogP contribution in [0.2, 0.25) is 0 Å². The van der Waals surface area contributed by atoms with Gasteiger partial charge in [-0.1, -0.05) is 33.1 Å². The molecule has 1 heterocycles. The van der Waals surface area contributed by atoms with Crippen molar-refractivity contribution >= 4 is 0 Å². The average Bonchev–Trinajstić information content (AvgIpc) is 2.45.